The molecule has 0 rings (SSSR count). The number of halogens is 15. The van der Waals surface area contributed by atoms with Crippen LogP contribution >= 0.6 is 0 Å². The molecule has 0 nitrogen and oxygen atoms in total. The predicted octanol–water partition coefficient (Wildman–Crippen LogP) is 6.41. The first-order valence-corrected chi connectivity index (χ1v) is 6.08. The second kappa shape index (κ2) is 5.72. The first-order chi connectivity index (χ1) is 10.8. The molecular formula is C11H9F15. The Kier molecular flexibility index (Phi) is 5.49. The highest BCUT2D eigenvalue weighted by Crippen LogP contribution is 2.64. The van der Waals surface area contributed by atoms with Crippen LogP contribution in [0.5, 0.6) is 0 Å². The molecule has 0 aliphatic rings. The van der Waals surface area contributed by atoms with Crippen molar-refractivity contribution < 1.29 is 65.9 Å². The van der Waals surface area contributed by atoms with Gasteiger partial charge in [0.2, 0.25) is 0 Å². The molecular weight excluding hydrogens is 417 g/mol. The van der Waals surface area contributed by atoms with Gasteiger partial charge >= 0.3 is 41.7 Å². The van der Waals surface area contributed by atoms with Crippen molar-refractivity contribution in [3.63, 3.8) is 0 Å². The Hall–Kier alpha value is -1.05. The van der Waals surface area contributed by atoms with E-state index in [9.17, 15) is 65.9 Å². The summed E-state index contributed by atoms with van der Waals surface area (Å²) in [4.78, 5) is 0. The maximum Gasteiger partial charge on any atom is 0.460 e. The van der Waals surface area contributed by atoms with Crippen molar-refractivity contribution in [1.29, 1.82) is 0 Å². The molecule has 26 heavy (non-hydrogen) atoms. The summed E-state index contributed by atoms with van der Waals surface area (Å²) in [7, 11) is 0. The van der Waals surface area contributed by atoms with E-state index in [-0.39, 0.29) is 20.8 Å². The minimum atomic E-state index is -8.22. The van der Waals surface area contributed by atoms with E-state index in [0.717, 1.165) is 0 Å². The molecule has 0 amide bonds. The first kappa shape index (κ1) is 24.9. The van der Waals surface area contributed by atoms with Crippen LogP contribution in [0, 0.1) is 5.41 Å². The second-order valence-corrected chi connectivity index (χ2v) is 6.19. The van der Waals surface area contributed by atoms with E-state index in [4.69, 9.17) is 0 Å². The maximum atomic E-state index is 13.4. The Morgan fingerprint density at radius 3 is 0.692 bits per heavy atom. The molecule has 0 bridgehead atoms. The molecule has 0 fully saturated rings. The fourth-order valence-corrected chi connectivity index (χ4v) is 1.44. The number of rotatable bonds is 5. The van der Waals surface area contributed by atoms with Crippen molar-refractivity contribution in [2.45, 2.75) is 62.5 Å². The molecule has 0 aliphatic heterocycles. The Morgan fingerprint density at radius 1 is 0.308 bits per heavy atom. The summed E-state index contributed by atoms with van der Waals surface area (Å²) in [6, 6.07) is 0. The minimum Gasteiger partial charge on any atom is -0.199 e. The normalized spacial score (nSPS) is 16.8. The summed E-state index contributed by atoms with van der Waals surface area (Å²) in [5.41, 5.74) is -3.31. The van der Waals surface area contributed by atoms with Gasteiger partial charge in [0.05, 0.1) is 0 Å². The van der Waals surface area contributed by atoms with Crippen LogP contribution in [0.3, 0.4) is 0 Å². The zero-order valence-corrected chi connectivity index (χ0v) is 12.7. The predicted molar refractivity (Wildman–Crippen MR) is 55.2 cm³/mol. The van der Waals surface area contributed by atoms with Gasteiger partial charge < -0.3 is 0 Å². The molecule has 0 saturated carbocycles. The van der Waals surface area contributed by atoms with Gasteiger partial charge in [0, 0.05) is 5.41 Å². The zero-order chi connectivity index (χ0) is 22.0. The van der Waals surface area contributed by atoms with Crippen LogP contribution < -0.4 is 0 Å². The quantitative estimate of drug-likeness (QED) is 0.446. The van der Waals surface area contributed by atoms with E-state index < -0.39 is 47.1 Å². The highest BCUT2D eigenvalue weighted by molar-refractivity contribution is 5.14. The molecule has 15 heteroatoms. The summed E-state index contributed by atoms with van der Waals surface area (Å²) in [5.74, 6) is -46.0. The molecule has 0 saturated heterocycles. The van der Waals surface area contributed by atoms with Gasteiger partial charge in [-0.3, -0.25) is 0 Å². The molecule has 0 radical (unpaired) electrons. The lowest BCUT2D eigenvalue weighted by Gasteiger charge is -2.44. The van der Waals surface area contributed by atoms with Gasteiger partial charge in [0.15, 0.2) is 0 Å². The van der Waals surface area contributed by atoms with Gasteiger partial charge in [-0.1, -0.05) is 20.8 Å². The lowest BCUT2D eigenvalue weighted by molar-refractivity contribution is -0.456. The molecule has 0 aromatic rings. The van der Waals surface area contributed by atoms with Crippen molar-refractivity contribution in [3.05, 3.63) is 0 Å². The van der Waals surface area contributed by atoms with Crippen molar-refractivity contribution in [2.75, 3.05) is 0 Å². The monoisotopic (exact) mass is 426 g/mol. The van der Waals surface area contributed by atoms with Crippen LogP contribution in [-0.2, 0) is 0 Å². The van der Waals surface area contributed by atoms with E-state index in [1.807, 2.05) is 0 Å². The molecule has 0 N–H and O–H groups in total. The van der Waals surface area contributed by atoms with Crippen molar-refractivity contribution in [1.82, 2.24) is 0 Å². The maximum absolute atomic E-state index is 13.4. The van der Waals surface area contributed by atoms with Crippen molar-refractivity contribution >= 4 is 0 Å². The standard InChI is InChI=1S/C11H9F15/c1-4(2,3)5(12,13)6(14,15)7(16,17)8(18,19)9(20,21)10(22,23)11(24,25)26/h1-3H3. The zero-order valence-electron chi connectivity index (χ0n) is 12.7. The van der Waals surface area contributed by atoms with Gasteiger partial charge in [0.1, 0.15) is 0 Å². The first-order valence-electron chi connectivity index (χ1n) is 6.08. The SMILES string of the molecule is CC(C)(C)C(F)(F)C(F)(F)C(F)(F)C(F)(F)C(F)(F)C(F)(F)C(F)(F)F. The van der Waals surface area contributed by atoms with E-state index in [1.165, 1.54) is 0 Å². The Morgan fingerprint density at radius 2 is 0.500 bits per heavy atom. The molecule has 158 valence electrons. The van der Waals surface area contributed by atoms with E-state index in [0.29, 0.717) is 0 Å². The van der Waals surface area contributed by atoms with Gasteiger partial charge in [0.25, 0.3) is 0 Å². The van der Waals surface area contributed by atoms with E-state index >= 15 is 0 Å². The average Bonchev–Trinajstić information content (AvgIpc) is 2.34. The molecule has 0 heterocycles. The van der Waals surface area contributed by atoms with Crippen LogP contribution in [-0.4, -0.2) is 41.7 Å². The average molecular weight is 426 g/mol. The highest BCUT2D eigenvalue weighted by Gasteiger charge is 2.93. The third kappa shape index (κ3) is 2.88. The Bertz CT molecular complexity index is 471. The molecule has 0 spiro atoms. The lowest BCUT2D eigenvalue weighted by Crippen LogP contribution is -2.73. The van der Waals surface area contributed by atoms with E-state index in [1.54, 1.807) is 0 Å². The van der Waals surface area contributed by atoms with Crippen molar-refractivity contribution in [2.24, 2.45) is 5.41 Å². The van der Waals surface area contributed by atoms with Crippen molar-refractivity contribution in [3.8, 4) is 0 Å². The molecule has 0 aromatic carbocycles. The number of alkyl halides is 15. The Balaban J connectivity index is 6.61. The number of hydrogen-bond donors (Lipinski definition) is 0. The largest absolute Gasteiger partial charge is 0.460 e. The molecule has 0 aliphatic carbocycles. The molecule has 0 unspecified atom stereocenters. The summed E-state index contributed by atoms with van der Waals surface area (Å²) < 4.78 is 193. The van der Waals surface area contributed by atoms with E-state index in [2.05, 4.69) is 0 Å². The van der Waals surface area contributed by atoms with Crippen LogP contribution in [0.25, 0.3) is 0 Å². The summed E-state index contributed by atoms with van der Waals surface area (Å²) in [6.07, 6.45) is -7.59. The topological polar surface area (TPSA) is 0 Å². The van der Waals surface area contributed by atoms with Gasteiger partial charge in [-0.2, -0.15) is 65.9 Å². The van der Waals surface area contributed by atoms with Crippen LogP contribution in [0.1, 0.15) is 20.8 Å². The van der Waals surface area contributed by atoms with Crippen LogP contribution in [0.15, 0.2) is 0 Å². The lowest BCUT2D eigenvalue weighted by atomic mass is 9.79. The van der Waals surface area contributed by atoms with Gasteiger partial charge in [-0.25, -0.2) is 0 Å². The Labute approximate surface area is 135 Å². The third-order valence-electron chi connectivity index (χ3n) is 3.27. The molecule has 0 atom stereocenters. The number of hydrogen-bond acceptors (Lipinski definition) is 0. The summed E-state index contributed by atoms with van der Waals surface area (Å²) >= 11 is 0. The highest BCUT2D eigenvalue weighted by atomic mass is 19.4. The second-order valence-electron chi connectivity index (χ2n) is 6.19. The van der Waals surface area contributed by atoms with Gasteiger partial charge in [-0.05, 0) is 0 Å². The third-order valence-corrected chi connectivity index (χ3v) is 3.27. The fourth-order valence-electron chi connectivity index (χ4n) is 1.44. The van der Waals surface area contributed by atoms with Gasteiger partial charge in [-0.15, -0.1) is 0 Å². The fraction of sp³-hybridized carbons (Fsp3) is 1.00. The van der Waals surface area contributed by atoms with Crippen LogP contribution in [0.4, 0.5) is 65.9 Å². The van der Waals surface area contributed by atoms with Crippen LogP contribution in [0.2, 0.25) is 0 Å². The smallest absolute Gasteiger partial charge is 0.199 e. The minimum absolute atomic E-state index is 0.0809. The molecule has 0 aromatic heterocycles. The summed E-state index contributed by atoms with van der Waals surface area (Å²) in [6.45, 7) is 0.243. The summed E-state index contributed by atoms with van der Waals surface area (Å²) in [5, 5.41) is 0.